The molecule has 0 radical (unpaired) electrons. The number of nitrogens with zero attached hydrogens (tertiary/aromatic N) is 2. The Balaban J connectivity index is 1.47. The molecule has 0 unspecified atom stereocenters. The summed E-state index contributed by atoms with van der Waals surface area (Å²) in [5, 5.41) is 4.94. The van der Waals surface area contributed by atoms with Gasteiger partial charge >= 0.3 is 11.8 Å². The Labute approximate surface area is 174 Å². The fourth-order valence-electron chi connectivity index (χ4n) is 3.18. The van der Waals surface area contributed by atoms with Crippen LogP contribution in [0.4, 0.5) is 4.39 Å². The van der Waals surface area contributed by atoms with E-state index in [4.69, 9.17) is 9.47 Å². The van der Waals surface area contributed by atoms with E-state index in [1.807, 2.05) is 0 Å². The lowest BCUT2D eigenvalue weighted by Gasteiger charge is -2.26. The highest BCUT2D eigenvalue weighted by Crippen LogP contribution is 2.22. The van der Waals surface area contributed by atoms with Crippen molar-refractivity contribution in [3.05, 3.63) is 30.1 Å². The molecule has 0 saturated carbocycles. The SMILES string of the molecule is O=C(NCCN1CCOCC1)C(=O)NC[C@@H]1OCCN1S(=O)(=O)c1ccc(F)cc1. The van der Waals surface area contributed by atoms with Crippen LogP contribution in [0.15, 0.2) is 29.2 Å². The Kier molecular flexibility index (Phi) is 7.72. The Morgan fingerprint density at radius 3 is 2.40 bits per heavy atom. The summed E-state index contributed by atoms with van der Waals surface area (Å²) in [5.41, 5.74) is 0. The molecule has 2 saturated heterocycles. The maximum absolute atomic E-state index is 13.1. The van der Waals surface area contributed by atoms with Gasteiger partial charge in [0.05, 0.1) is 31.3 Å². The first-order chi connectivity index (χ1) is 14.4. The molecule has 166 valence electrons. The van der Waals surface area contributed by atoms with E-state index < -0.39 is 33.9 Å². The number of hydrogen-bond donors (Lipinski definition) is 2. The van der Waals surface area contributed by atoms with Crippen LogP contribution in [-0.2, 0) is 29.1 Å². The maximum atomic E-state index is 13.1. The second-order valence-electron chi connectivity index (χ2n) is 6.82. The Hall–Kier alpha value is -2.12. The molecule has 0 aromatic heterocycles. The number of halogens is 1. The molecular weight excluding hydrogens is 419 g/mol. The summed E-state index contributed by atoms with van der Waals surface area (Å²) in [6, 6.07) is 4.45. The Morgan fingerprint density at radius 1 is 1.03 bits per heavy atom. The van der Waals surface area contributed by atoms with Gasteiger partial charge in [0, 0.05) is 32.7 Å². The fraction of sp³-hybridized carbons (Fsp3) is 0.556. The molecule has 3 rings (SSSR count). The molecule has 2 aliphatic rings. The fourth-order valence-corrected chi connectivity index (χ4v) is 4.69. The monoisotopic (exact) mass is 444 g/mol. The molecule has 12 heteroatoms. The molecule has 1 atom stereocenters. The maximum Gasteiger partial charge on any atom is 0.309 e. The van der Waals surface area contributed by atoms with Crippen LogP contribution in [0.1, 0.15) is 0 Å². The average molecular weight is 444 g/mol. The number of benzene rings is 1. The lowest BCUT2D eigenvalue weighted by atomic mass is 10.4. The number of carbonyl (C=O) groups is 2. The van der Waals surface area contributed by atoms with E-state index in [2.05, 4.69) is 15.5 Å². The molecule has 2 N–H and O–H groups in total. The molecule has 2 amide bonds. The summed E-state index contributed by atoms with van der Waals surface area (Å²) in [6.07, 6.45) is -0.954. The molecule has 0 aliphatic carbocycles. The van der Waals surface area contributed by atoms with Gasteiger partial charge < -0.3 is 20.1 Å². The van der Waals surface area contributed by atoms with Crippen molar-refractivity contribution in [1.82, 2.24) is 19.8 Å². The molecule has 2 fully saturated rings. The first kappa shape index (κ1) is 22.6. The van der Waals surface area contributed by atoms with Gasteiger partial charge in [-0.3, -0.25) is 14.5 Å². The summed E-state index contributed by atoms with van der Waals surface area (Å²) < 4.78 is 50.3. The zero-order valence-corrected chi connectivity index (χ0v) is 17.2. The molecule has 0 spiro atoms. The second-order valence-corrected chi connectivity index (χ2v) is 8.71. The van der Waals surface area contributed by atoms with E-state index in [-0.39, 0.29) is 24.6 Å². The predicted octanol–water partition coefficient (Wildman–Crippen LogP) is -1.26. The standard InChI is InChI=1S/C18H25FN4O6S/c19-14-1-3-15(4-2-14)30(26,27)23-9-12-29-16(23)13-21-18(25)17(24)20-5-6-22-7-10-28-11-8-22/h1-4,16H,5-13H2,(H,20,24)(H,21,25)/t16-/m0/s1. The van der Waals surface area contributed by atoms with Crippen LogP contribution in [0.25, 0.3) is 0 Å². The number of morpholine rings is 1. The Bertz CT molecular complexity index is 845. The highest BCUT2D eigenvalue weighted by Gasteiger charge is 2.36. The predicted molar refractivity (Wildman–Crippen MR) is 103 cm³/mol. The normalized spacial score (nSPS) is 20.8. The summed E-state index contributed by atoms with van der Waals surface area (Å²) in [5.74, 6) is -2.21. The second kappa shape index (κ2) is 10.3. The van der Waals surface area contributed by atoms with E-state index >= 15 is 0 Å². The van der Waals surface area contributed by atoms with Crippen LogP contribution in [0.2, 0.25) is 0 Å². The topological polar surface area (TPSA) is 117 Å². The van der Waals surface area contributed by atoms with Crippen molar-refractivity contribution >= 4 is 21.8 Å². The van der Waals surface area contributed by atoms with Gasteiger partial charge in [-0.2, -0.15) is 4.31 Å². The van der Waals surface area contributed by atoms with Crippen molar-refractivity contribution < 1.29 is 31.9 Å². The molecule has 30 heavy (non-hydrogen) atoms. The van der Waals surface area contributed by atoms with E-state index in [1.54, 1.807) is 0 Å². The number of amides is 2. The number of sulfonamides is 1. The van der Waals surface area contributed by atoms with Gasteiger partial charge in [0.1, 0.15) is 12.0 Å². The number of carbonyl (C=O) groups excluding carboxylic acids is 2. The summed E-state index contributed by atoms with van der Waals surface area (Å²) in [4.78, 5) is 26.0. The molecule has 1 aromatic rings. The largest absolute Gasteiger partial charge is 0.379 e. The Morgan fingerprint density at radius 2 is 1.70 bits per heavy atom. The summed E-state index contributed by atoms with van der Waals surface area (Å²) >= 11 is 0. The van der Waals surface area contributed by atoms with Crippen LogP contribution >= 0.6 is 0 Å². The molecular formula is C18H25FN4O6S. The van der Waals surface area contributed by atoms with Gasteiger partial charge in [0.15, 0.2) is 0 Å². The van der Waals surface area contributed by atoms with Crippen LogP contribution in [-0.4, -0.2) is 94.8 Å². The highest BCUT2D eigenvalue weighted by atomic mass is 32.2. The number of rotatable bonds is 7. The minimum Gasteiger partial charge on any atom is -0.379 e. The van der Waals surface area contributed by atoms with E-state index in [1.165, 1.54) is 12.1 Å². The third kappa shape index (κ3) is 5.73. The van der Waals surface area contributed by atoms with E-state index in [0.717, 1.165) is 29.5 Å². The molecule has 1 aromatic carbocycles. The molecule has 0 bridgehead atoms. The average Bonchev–Trinajstić information content (AvgIpc) is 3.22. The van der Waals surface area contributed by atoms with Gasteiger partial charge in [-0.05, 0) is 24.3 Å². The van der Waals surface area contributed by atoms with Gasteiger partial charge in [0.2, 0.25) is 10.0 Å². The number of nitrogens with one attached hydrogen (secondary N) is 2. The van der Waals surface area contributed by atoms with Crippen LogP contribution < -0.4 is 10.6 Å². The first-order valence-corrected chi connectivity index (χ1v) is 11.1. The van der Waals surface area contributed by atoms with Crippen LogP contribution in [0, 0.1) is 5.82 Å². The number of hydrogen-bond acceptors (Lipinski definition) is 7. The van der Waals surface area contributed by atoms with Crippen molar-refractivity contribution in [2.24, 2.45) is 0 Å². The van der Waals surface area contributed by atoms with Crippen molar-refractivity contribution in [2.75, 3.05) is 59.1 Å². The zero-order valence-electron chi connectivity index (χ0n) is 16.4. The molecule has 2 heterocycles. The van der Waals surface area contributed by atoms with E-state index in [9.17, 15) is 22.4 Å². The van der Waals surface area contributed by atoms with Crippen molar-refractivity contribution in [3.8, 4) is 0 Å². The first-order valence-electron chi connectivity index (χ1n) is 9.63. The van der Waals surface area contributed by atoms with Crippen molar-refractivity contribution in [3.63, 3.8) is 0 Å². The van der Waals surface area contributed by atoms with Crippen molar-refractivity contribution in [1.29, 1.82) is 0 Å². The summed E-state index contributed by atoms with van der Waals surface area (Å²) in [7, 11) is -3.93. The number of ether oxygens (including phenoxy) is 2. The van der Waals surface area contributed by atoms with Gasteiger partial charge in [-0.25, -0.2) is 12.8 Å². The van der Waals surface area contributed by atoms with E-state index in [0.29, 0.717) is 26.3 Å². The van der Waals surface area contributed by atoms with Gasteiger partial charge in [0.25, 0.3) is 0 Å². The highest BCUT2D eigenvalue weighted by molar-refractivity contribution is 7.89. The van der Waals surface area contributed by atoms with Crippen LogP contribution in [0.5, 0.6) is 0 Å². The summed E-state index contributed by atoms with van der Waals surface area (Å²) in [6.45, 7) is 3.82. The third-order valence-corrected chi connectivity index (χ3v) is 6.73. The minimum absolute atomic E-state index is 0.0772. The lowest BCUT2D eigenvalue weighted by Crippen LogP contribution is -2.48. The van der Waals surface area contributed by atoms with Crippen molar-refractivity contribution in [2.45, 2.75) is 11.1 Å². The minimum atomic E-state index is -3.93. The van der Waals surface area contributed by atoms with Gasteiger partial charge in [-0.1, -0.05) is 0 Å². The third-order valence-electron chi connectivity index (χ3n) is 4.82. The quantitative estimate of drug-likeness (QED) is 0.504. The lowest BCUT2D eigenvalue weighted by molar-refractivity contribution is -0.139. The smallest absolute Gasteiger partial charge is 0.309 e. The van der Waals surface area contributed by atoms with Gasteiger partial charge in [-0.15, -0.1) is 0 Å². The van der Waals surface area contributed by atoms with Crippen LogP contribution in [0.3, 0.4) is 0 Å². The molecule has 2 aliphatic heterocycles. The zero-order chi connectivity index (χ0) is 21.6. The molecule has 10 nitrogen and oxygen atoms in total.